The summed E-state index contributed by atoms with van der Waals surface area (Å²) in [7, 11) is 0. The van der Waals surface area contributed by atoms with Gasteiger partial charge in [-0.25, -0.2) is 19.6 Å². The fourth-order valence-electron chi connectivity index (χ4n) is 3.14. The van der Waals surface area contributed by atoms with E-state index in [4.69, 9.17) is 15.5 Å². The van der Waals surface area contributed by atoms with Gasteiger partial charge in [-0.1, -0.05) is 18.2 Å². The van der Waals surface area contributed by atoms with E-state index >= 15 is 0 Å². The summed E-state index contributed by atoms with van der Waals surface area (Å²) in [5.74, 6) is 1.08. The minimum atomic E-state index is 0.0366. The molecular weight excluding hydrogens is 455 g/mol. The maximum atomic E-state index is 6.01. The molecule has 0 spiro atoms. The van der Waals surface area contributed by atoms with Crippen LogP contribution in [0.4, 0.5) is 5.82 Å². The van der Waals surface area contributed by atoms with Gasteiger partial charge in [0.15, 0.2) is 5.65 Å². The molecular formula is C19H19IN6O. The normalized spacial score (nSPS) is 11.6. The monoisotopic (exact) mass is 474 g/mol. The van der Waals surface area contributed by atoms with Gasteiger partial charge in [0.1, 0.15) is 15.8 Å². The van der Waals surface area contributed by atoms with E-state index in [1.807, 2.05) is 19.9 Å². The van der Waals surface area contributed by atoms with Crippen LogP contribution in [0.2, 0.25) is 0 Å². The van der Waals surface area contributed by atoms with Crippen molar-refractivity contribution in [1.82, 2.24) is 24.7 Å². The van der Waals surface area contributed by atoms with Crippen LogP contribution in [-0.4, -0.2) is 30.8 Å². The number of anilines is 1. The van der Waals surface area contributed by atoms with Crippen LogP contribution in [0, 0.1) is 10.6 Å². The number of nitrogens with two attached hydrogens (primary N) is 1. The van der Waals surface area contributed by atoms with E-state index in [0.717, 1.165) is 31.1 Å². The average molecular weight is 474 g/mol. The summed E-state index contributed by atoms with van der Waals surface area (Å²) in [6, 6.07) is 8.26. The molecule has 0 fully saturated rings. The largest absolute Gasteiger partial charge is 0.474 e. The van der Waals surface area contributed by atoms with Gasteiger partial charge in [0.2, 0.25) is 5.88 Å². The van der Waals surface area contributed by atoms with Crippen molar-refractivity contribution in [2.45, 2.75) is 33.4 Å². The lowest BCUT2D eigenvalue weighted by Crippen LogP contribution is -2.10. The first kappa shape index (κ1) is 17.9. The van der Waals surface area contributed by atoms with E-state index < -0.39 is 0 Å². The van der Waals surface area contributed by atoms with Crippen LogP contribution in [0.5, 0.6) is 5.88 Å². The summed E-state index contributed by atoms with van der Waals surface area (Å²) in [5, 5.41) is 7.48. The molecule has 4 rings (SSSR count). The molecule has 2 N–H and O–H groups in total. The number of pyridine rings is 1. The Labute approximate surface area is 170 Å². The molecule has 8 heteroatoms. The lowest BCUT2D eigenvalue weighted by Gasteiger charge is -2.15. The van der Waals surface area contributed by atoms with E-state index in [1.54, 1.807) is 4.68 Å². The van der Waals surface area contributed by atoms with Crippen molar-refractivity contribution in [3.8, 4) is 5.88 Å². The molecule has 0 saturated carbocycles. The van der Waals surface area contributed by atoms with Gasteiger partial charge in [0.05, 0.1) is 23.7 Å². The predicted molar refractivity (Wildman–Crippen MR) is 114 cm³/mol. The summed E-state index contributed by atoms with van der Waals surface area (Å²) in [6.07, 6.45) is 1.49. The third kappa shape index (κ3) is 3.29. The Hall–Kier alpha value is -2.49. The van der Waals surface area contributed by atoms with E-state index in [-0.39, 0.29) is 6.10 Å². The Bertz CT molecular complexity index is 1150. The number of halogens is 1. The van der Waals surface area contributed by atoms with Crippen molar-refractivity contribution in [2.24, 2.45) is 0 Å². The van der Waals surface area contributed by atoms with Crippen molar-refractivity contribution in [1.29, 1.82) is 0 Å². The van der Waals surface area contributed by atoms with Gasteiger partial charge in [-0.3, -0.25) is 0 Å². The first-order valence-electron chi connectivity index (χ1n) is 8.62. The summed E-state index contributed by atoms with van der Waals surface area (Å²) < 4.78 is 8.59. The van der Waals surface area contributed by atoms with Gasteiger partial charge >= 0.3 is 0 Å². The number of nitrogens with zero attached hydrogens (tertiary/aromatic N) is 5. The number of rotatable bonds is 4. The molecule has 0 saturated heterocycles. The number of aromatic nitrogens is 5. The standard InChI is InChI=1S/C19H19IN6O/c1-10(2)27-19-14-11(3)5-4-6-12(14)7-13(24-19)8-26-18-15(16(20)25-26)17(21)22-9-23-18/h4-7,9-10H,8H2,1-3H3,(H2,21,22,23). The summed E-state index contributed by atoms with van der Waals surface area (Å²) in [5.41, 5.74) is 8.68. The lowest BCUT2D eigenvalue weighted by atomic mass is 10.1. The van der Waals surface area contributed by atoms with Crippen LogP contribution in [0.25, 0.3) is 21.8 Å². The molecule has 0 unspecified atom stereocenters. The Morgan fingerprint density at radius 1 is 1.22 bits per heavy atom. The molecule has 7 nitrogen and oxygen atoms in total. The van der Waals surface area contributed by atoms with Crippen LogP contribution < -0.4 is 10.5 Å². The number of hydrogen-bond acceptors (Lipinski definition) is 6. The van der Waals surface area contributed by atoms with E-state index in [1.165, 1.54) is 6.33 Å². The quantitative estimate of drug-likeness (QED) is 0.454. The zero-order valence-electron chi connectivity index (χ0n) is 15.3. The molecule has 27 heavy (non-hydrogen) atoms. The van der Waals surface area contributed by atoms with Crippen LogP contribution >= 0.6 is 22.6 Å². The Morgan fingerprint density at radius 2 is 2.04 bits per heavy atom. The first-order chi connectivity index (χ1) is 12.9. The molecule has 0 radical (unpaired) electrons. The fraction of sp³-hybridized carbons (Fsp3) is 0.263. The molecule has 0 aliphatic carbocycles. The molecule has 0 atom stereocenters. The average Bonchev–Trinajstić information content (AvgIpc) is 2.91. The summed E-state index contributed by atoms with van der Waals surface area (Å²) in [6.45, 7) is 6.54. The molecule has 138 valence electrons. The maximum absolute atomic E-state index is 6.01. The minimum absolute atomic E-state index is 0.0366. The summed E-state index contributed by atoms with van der Waals surface area (Å²) >= 11 is 2.15. The zero-order chi connectivity index (χ0) is 19.1. The van der Waals surface area contributed by atoms with Crippen molar-refractivity contribution in [3.63, 3.8) is 0 Å². The van der Waals surface area contributed by atoms with Crippen molar-refractivity contribution < 1.29 is 4.74 Å². The molecule has 4 aromatic rings. The van der Waals surface area contributed by atoms with Crippen LogP contribution in [0.3, 0.4) is 0 Å². The van der Waals surface area contributed by atoms with Gasteiger partial charge in [0, 0.05) is 5.39 Å². The molecule has 3 heterocycles. The highest BCUT2D eigenvalue weighted by Gasteiger charge is 2.16. The SMILES string of the molecule is Cc1cccc2cc(Cn3nc(I)c4c(N)ncnc43)nc(OC(C)C)c12. The number of hydrogen-bond donors (Lipinski definition) is 1. The van der Waals surface area contributed by atoms with Gasteiger partial charge in [-0.05, 0) is 60.4 Å². The minimum Gasteiger partial charge on any atom is -0.474 e. The lowest BCUT2D eigenvalue weighted by molar-refractivity contribution is 0.235. The van der Waals surface area contributed by atoms with Crippen LogP contribution in [0.15, 0.2) is 30.6 Å². The highest BCUT2D eigenvalue weighted by molar-refractivity contribution is 14.1. The predicted octanol–water partition coefficient (Wildman–Crippen LogP) is 3.71. The molecule has 0 aliphatic rings. The van der Waals surface area contributed by atoms with Crippen molar-refractivity contribution in [2.75, 3.05) is 5.73 Å². The van der Waals surface area contributed by atoms with E-state index in [9.17, 15) is 0 Å². The smallest absolute Gasteiger partial charge is 0.222 e. The van der Waals surface area contributed by atoms with Crippen molar-refractivity contribution in [3.05, 3.63) is 45.6 Å². The van der Waals surface area contributed by atoms with E-state index in [2.05, 4.69) is 62.8 Å². The number of aryl methyl sites for hydroxylation is 1. The maximum Gasteiger partial charge on any atom is 0.222 e. The molecule has 0 aliphatic heterocycles. The number of benzene rings is 1. The second-order valence-corrected chi connectivity index (χ2v) is 7.69. The number of fused-ring (bicyclic) bond motifs is 2. The van der Waals surface area contributed by atoms with Gasteiger partial charge in [0.25, 0.3) is 0 Å². The topological polar surface area (TPSA) is 91.7 Å². The first-order valence-corrected chi connectivity index (χ1v) is 9.70. The molecule has 1 aromatic carbocycles. The highest BCUT2D eigenvalue weighted by Crippen LogP contribution is 2.29. The van der Waals surface area contributed by atoms with Gasteiger partial charge in [-0.2, -0.15) is 5.10 Å². The third-order valence-corrected chi connectivity index (χ3v) is 5.02. The second kappa shape index (κ2) is 6.91. The number of ether oxygens (including phenoxy) is 1. The van der Waals surface area contributed by atoms with Crippen LogP contribution in [0.1, 0.15) is 25.1 Å². The van der Waals surface area contributed by atoms with Crippen LogP contribution in [-0.2, 0) is 6.54 Å². The van der Waals surface area contributed by atoms with E-state index in [0.29, 0.717) is 23.9 Å². The van der Waals surface area contributed by atoms with Gasteiger partial charge in [-0.15, -0.1) is 0 Å². The Balaban J connectivity index is 1.85. The zero-order valence-corrected chi connectivity index (χ0v) is 17.4. The summed E-state index contributed by atoms with van der Waals surface area (Å²) in [4.78, 5) is 13.2. The number of nitrogen functional groups attached to an aromatic ring is 1. The molecule has 0 amide bonds. The Kier molecular flexibility index (Phi) is 4.58. The molecule has 3 aromatic heterocycles. The highest BCUT2D eigenvalue weighted by atomic mass is 127. The Morgan fingerprint density at radius 3 is 2.81 bits per heavy atom. The second-order valence-electron chi connectivity index (χ2n) is 6.66. The van der Waals surface area contributed by atoms with Gasteiger partial charge < -0.3 is 10.5 Å². The third-order valence-electron chi connectivity index (χ3n) is 4.26. The van der Waals surface area contributed by atoms with Crippen molar-refractivity contribution >= 4 is 50.2 Å². The molecule has 0 bridgehead atoms. The fourth-order valence-corrected chi connectivity index (χ4v) is 3.92.